The number of likely N-dealkylation sites (tertiary alicyclic amines) is 1. The van der Waals surface area contributed by atoms with Gasteiger partial charge in [-0.1, -0.05) is 0 Å². The quantitative estimate of drug-likeness (QED) is 0.888. The van der Waals surface area contributed by atoms with Crippen molar-refractivity contribution < 1.29 is 17.6 Å². The fourth-order valence-electron chi connectivity index (χ4n) is 3.49. The van der Waals surface area contributed by atoms with Gasteiger partial charge in [-0.3, -0.25) is 9.69 Å². The van der Waals surface area contributed by atoms with Crippen LogP contribution >= 0.6 is 0 Å². The average Bonchev–Trinajstić information content (AvgIpc) is 3.10. The highest BCUT2D eigenvalue weighted by molar-refractivity contribution is 7.91. The first-order valence-corrected chi connectivity index (χ1v) is 10.0. The summed E-state index contributed by atoms with van der Waals surface area (Å²) in [6, 6.07) is 3.91. The number of aryl methyl sites for hydroxylation is 1. The second kappa shape index (κ2) is 6.65. The van der Waals surface area contributed by atoms with Crippen LogP contribution in [-0.4, -0.2) is 49.9 Å². The molecule has 7 heteroatoms. The zero-order valence-corrected chi connectivity index (χ0v) is 14.3. The number of hydrogen-bond acceptors (Lipinski definition) is 5. The van der Waals surface area contributed by atoms with Crippen molar-refractivity contribution in [2.24, 2.45) is 5.92 Å². The van der Waals surface area contributed by atoms with E-state index in [2.05, 4.69) is 10.2 Å². The summed E-state index contributed by atoms with van der Waals surface area (Å²) in [5, 5.41) is 2.93. The second-order valence-corrected chi connectivity index (χ2v) is 8.83. The molecule has 2 aliphatic heterocycles. The summed E-state index contributed by atoms with van der Waals surface area (Å²) in [7, 11) is -2.84. The molecule has 0 spiro atoms. The molecule has 0 radical (unpaired) electrons. The number of furan rings is 1. The Balaban J connectivity index is 1.44. The Morgan fingerprint density at radius 1 is 1.30 bits per heavy atom. The van der Waals surface area contributed by atoms with Crippen LogP contribution in [0.25, 0.3) is 0 Å². The van der Waals surface area contributed by atoms with Gasteiger partial charge < -0.3 is 9.73 Å². The minimum absolute atomic E-state index is 0.0142. The predicted octanol–water partition coefficient (Wildman–Crippen LogP) is 1.10. The first kappa shape index (κ1) is 16.5. The van der Waals surface area contributed by atoms with Gasteiger partial charge in [0.05, 0.1) is 18.1 Å². The number of nitrogens with one attached hydrogen (secondary N) is 1. The topological polar surface area (TPSA) is 79.6 Å². The molecule has 23 heavy (non-hydrogen) atoms. The van der Waals surface area contributed by atoms with E-state index >= 15 is 0 Å². The van der Waals surface area contributed by atoms with Gasteiger partial charge in [0, 0.05) is 12.0 Å². The van der Waals surface area contributed by atoms with E-state index in [1.54, 1.807) is 0 Å². The summed E-state index contributed by atoms with van der Waals surface area (Å²) in [5.41, 5.74) is 0. The minimum atomic E-state index is -2.84. The first-order valence-electron chi connectivity index (χ1n) is 8.20. The third kappa shape index (κ3) is 4.14. The average molecular weight is 340 g/mol. The number of sulfone groups is 1. The number of rotatable bonds is 4. The number of nitrogens with zero attached hydrogens (tertiary/aromatic N) is 1. The van der Waals surface area contributed by atoms with E-state index in [9.17, 15) is 13.2 Å². The van der Waals surface area contributed by atoms with Crippen molar-refractivity contribution in [3.8, 4) is 0 Å². The van der Waals surface area contributed by atoms with Crippen LogP contribution in [0.15, 0.2) is 16.5 Å². The third-order valence-electron chi connectivity index (χ3n) is 4.86. The number of carbonyl (C=O) groups excluding carboxylic acids is 1. The Morgan fingerprint density at radius 2 is 2.04 bits per heavy atom. The summed E-state index contributed by atoms with van der Waals surface area (Å²) in [6.45, 7) is 3.91. The summed E-state index contributed by atoms with van der Waals surface area (Å²) in [5.74, 6) is 2.28. The number of hydrogen-bond donors (Lipinski definition) is 1. The van der Waals surface area contributed by atoms with Gasteiger partial charge in [-0.15, -0.1) is 0 Å². The van der Waals surface area contributed by atoms with Gasteiger partial charge in [0.15, 0.2) is 9.84 Å². The van der Waals surface area contributed by atoms with Crippen LogP contribution in [0.5, 0.6) is 0 Å². The fraction of sp³-hybridized carbons (Fsp3) is 0.688. The van der Waals surface area contributed by atoms with E-state index in [1.807, 2.05) is 19.1 Å². The molecule has 2 fully saturated rings. The lowest BCUT2D eigenvalue weighted by molar-refractivity contribution is -0.126. The normalized spacial score (nSPS) is 25.5. The van der Waals surface area contributed by atoms with Crippen LogP contribution in [0.3, 0.4) is 0 Å². The maximum atomic E-state index is 12.2. The van der Waals surface area contributed by atoms with Crippen LogP contribution in [0, 0.1) is 12.8 Å². The van der Waals surface area contributed by atoms with Crippen LogP contribution in [0.2, 0.25) is 0 Å². The summed E-state index contributed by atoms with van der Waals surface area (Å²) < 4.78 is 28.6. The van der Waals surface area contributed by atoms with Crippen LogP contribution < -0.4 is 5.32 Å². The number of piperidine rings is 1. The summed E-state index contributed by atoms with van der Waals surface area (Å²) in [6.07, 6.45) is 2.32. The molecule has 0 bridgehead atoms. The van der Waals surface area contributed by atoms with Gasteiger partial charge in [0.25, 0.3) is 0 Å². The van der Waals surface area contributed by atoms with Crippen molar-refractivity contribution in [1.82, 2.24) is 10.2 Å². The molecule has 2 saturated heterocycles. The zero-order chi connectivity index (χ0) is 16.4. The lowest BCUT2D eigenvalue weighted by atomic mass is 9.94. The Labute approximate surface area is 137 Å². The highest BCUT2D eigenvalue weighted by atomic mass is 32.2. The largest absolute Gasteiger partial charge is 0.465 e. The molecule has 3 heterocycles. The van der Waals surface area contributed by atoms with Crippen molar-refractivity contribution in [2.75, 3.05) is 24.6 Å². The number of carbonyl (C=O) groups is 1. The highest BCUT2D eigenvalue weighted by Crippen LogP contribution is 2.24. The Morgan fingerprint density at radius 3 is 2.61 bits per heavy atom. The highest BCUT2D eigenvalue weighted by Gasteiger charge is 2.35. The third-order valence-corrected chi connectivity index (χ3v) is 6.61. The molecule has 2 aliphatic rings. The van der Waals surface area contributed by atoms with Crippen LogP contribution in [-0.2, 0) is 21.2 Å². The molecule has 1 atom stereocenters. The van der Waals surface area contributed by atoms with Crippen molar-refractivity contribution in [2.45, 2.75) is 38.8 Å². The molecule has 0 aliphatic carbocycles. The van der Waals surface area contributed by atoms with E-state index in [4.69, 9.17) is 4.42 Å². The fourth-order valence-corrected chi connectivity index (χ4v) is 5.25. The summed E-state index contributed by atoms with van der Waals surface area (Å²) in [4.78, 5) is 14.5. The Bertz CT molecular complexity index is 659. The standard InChI is InChI=1S/C16H24N2O4S/c1-12-2-3-15(22-12)10-17-16(19)13-4-7-18(8-5-13)14-6-9-23(20,21)11-14/h2-3,13-14H,4-11H2,1H3,(H,17,19)/t14-/m0/s1. The predicted molar refractivity (Wildman–Crippen MR) is 86.6 cm³/mol. The zero-order valence-electron chi connectivity index (χ0n) is 13.5. The molecule has 0 saturated carbocycles. The van der Waals surface area contributed by atoms with Crippen molar-refractivity contribution in [3.05, 3.63) is 23.7 Å². The van der Waals surface area contributed by atoms with E-state index in [0.717, 1.165) is 43.9 Å². The smallest absolute Gasteiger partial charge is 0.223 e. The van der Waals surface area contributed by atoms with Crippen molar-refractivity contribution >= 4 is 15.7 Å². The maximum Gasteiger partial charge on any atom is 0.223 e. The Hall–Kier alpha value is -1.34. The maximum absolute atomic E-state index is 12.2. The molecule has 3 rings (SSSR count). The molecular weight excluding hydrogens is 316 g/mol. The monoisotopic (exact) mass is 340 g/mol. The van der Waals surface area contributed by atoms with E-state index in [1.165, 1.54) is 0 Å². The molecule has 0 aromatic carbocycles. The van der Waals surface area contributed by atoms with Crippen LogP contribution in [0.4, 0.5) is 0 Å². The van der Waals surface area contributed by atoms with Gasteiger partial charge in [0.2, 0.25) is 5.91 Å². The van der Waals surface area contributed by atoms with Gasteiger partial charge in [-0.05, 0) is 51.4 Å². The van der Waals surface area contributed by atoms with E-state index in [-0.39, 0.29) is 23.6 Å². The van der Waals surface area contributed by atoms with Crippen LogP contribution in [0.1, 0.15) is 30.8 Å². The number of amides is 1. The van der Waals surface area contributed by atoms with Gasteiger partial charge >= 0.3 is 0 Å². The molecular formula is C16H24N2O4S. The Kier molecular flexibility index (Phi) is 4.77. The lowest BCUT2D eigenvalue weighted by Gasteiger charge is -2.34. The molecule has 0 unspecified atom stereocenters. The van der Waals surface area contributed by atoms with E-state index in [0.29, 0.717) is 12.3 Å². The van der Waals surface area contributed by atoms with Crippen molar-refractivity contribution in [1.29, 1.82) is 0 Å². The van der Waals surface area contributed by atoms with Gasteiger partial charge in [0.1, 0.15) is 11.5 Å². The summed E-state index contributed by atoms with van der Waals surface area (Å²) >= 11 is 0. The van der Waals surface area contributed by atoms with Gasteiger partial charge in [-0.2, -0.15) is 0 Å². The SMILES string of the molecule is Cc1ccc(CNC(=O)C2CCN([C@H]3CCS(=O)(=O)C3)CC2)o1. The van der Waals surface area contributed by atoms with E-state index < -0.39 is 9.84 Å². The molecule has 1 amide bonds. The molecule has 128 valence electrons. The van der Waals surface area contributed by atoms with Crippen molar-refractivity contribution in [3.63, 3.8) is 0 Å². The molecule has 1 aromatic heterocycles. The molecule has 1 aromatic rings. The minimum Gasteiger partial charge on any atom is -0.465 e. The first-order chi connectivity index (χ1) is 10.9. The molecule has 6 nitrogen and oxygen atoms in total. The molecule has 1 N–H and O–H groups in total. The lowest BCUT2D eigenvalue weighted by Crippen LogP contribution is -2.45. The van der Waals surface area contributed by atoms with Gasteiger partial charge in [-0.25, -0.2) is 8.42 Å². The second-order valence-electron chi connectivity index (χ2n) is 6.60.